The van der Waals surface area contributed by atoms with Crippen LogP contribution in [-0.4, -0.2) is 36.6 Å². The highest BCUT2D eigenvalue weighted by atomic mass is 35.5. The first-order chi connectivity index (χ1) is 13.9. The number of halogens is 2. The van der Waals surface area contributed by atoms with Crippen molar-refractivity contribution in [2.75, 3.05) is 0 Å². The van der Waals surface area contributed by atoms with Crippen molar-refractivity contribution in [3.05, 3.63) is 64.9 Å². The van der Waals surface area contributed by atoms with Crippen LogP contribution >= 0.6 is 11.6 Å². The fourth-order valence-electron chi connectivity index (χ4n) is 4.67. The van der Waals surface area contributed by atoms with Crippen molar-refractivity contribution in [2.45, 2.75) is 60.8 Å². The number of piperidine rings is 1. The number of carbonyl (C=O) groups excluding carboxylic acids is 1. The third-order valence-corrected chi connectivity index (χ3v) is 8.60. The Morgan fingerprint density at radius 3 is 2.34 bits per heavy atom. The summed E-state index contributed by atoms with van der Waals surface area (Å²) in [6, 6.07) is 13.1. The van der Waals surface area contributed by atoms with Crippen LogP contribution in [0.3, 0.4) is 0 Å². The Balaban J connectivity index is 1.42. The Morgan fingerprint density at radius 1 is 1.07 bits per heavy atom. The van der Waals surface area contributed by atoms with E-state index < -0.39 is 20.9 Å². The molecule has 0 unspecified atom stereocenters. The van der Waals surface area contributed by atoms with E-state index in [4.69, 9.17) is 11.6 Å². The van der Waals surface area contributed by atoms with Crippen LogP contribution in [0.2, 0.25) is 5.02 Å². The van der Waals surface area contributed by atoms with Gasteiger partial charge >= 0.3 is 0 Å². The summed E-state index contributed by atoms with van der Waals surface area (Å²) in [5.74, 6) is -0.466. The largest absolute Gasteiger partial charge is 0.337 e. The van der Waals surface area contributed by atoms with Crippen molar-refractivity contribution in [1.29, 1.82) is 0 Å². The van der Waals surface area contributed by atoms with Gasteiger partial charge in [0.2, 0.25) is 5.91 Å². The smallest absolute Gasteiger partial charge is 0.223 e. The molecule has 2 heterocycles. The first kappa shape index (κ1) is 20.4. The van der Waals surface area contributed by atoms with Gasteiger partial charge in [-0.25, -0.2) is 12.8 Å². The maximum Gasteiger partial charge on any atom is 0.223 e. The van der Waals surface area contributed by atoms with Crippen LogP contribution in [0.15, 0.2) is 53.4 Å². The number of benzene rings is 2. The summed E-state index contributed by atoms with van der Waals surface area (Å²) < 4.78 is 39.6. The first-order valence-electron chi connectivity index (χ1n) is 9.90. The maximum absolute atomic E-state index is 13.6. The van der Waals surface area contributed by atoms with Crippen LogP contribution in [-0.2, 0) is 21.1 Å². The van der Waals surface area contributed by atoms with E-state index in [9.17, 15) is 17.6 Å². The molecule has 0 spiro atoms. The molecule has 0 aromatic heterocycles. The van der Waals surface area contributed by atoms with Crippen molar-refractivity contribution >= 4 is 27.3 Å². The van der Waals surface area contributed by atoms with Crippen molar-refractivity contribution < 1.29 is 17.6 Å². The van der Waals surface area contributed by atoms with Crippen LogP contribution in [0, 0.1) is 5.82 Å². The molecule has 2 bridgehead atoms. The van der Waals surface area contributed by atoms with Gasteiger partial charge in [-0.3, -0.25) is 4.79 Å². The van der Waals surface area contributed by atoms with E-state index in [1.807, 2.05) is 4.90 Å². The Labute approximate surface area is 175 Å². The first-order valence-corrected chi connectivity index (χ1v) is 11.8. The minimum absolute atomic E-state index is 0.0171. The van der Waals surface area contributed by atoms with Gasteiger partial charge in [-0.1, -0.05) is 35.9 Å². The number of nitrogens with zero attached hydrogens (tertiary/aromatic N) is 1. The Morgan fingerprint density at radius 2 is 1.72 bits per heavy atom. The SMILES string of the molecule is O=C(CCc1ccc(Cl)c(F)c1)N1[C@@H]2CC[C@@H]1CC(S(=O)(=O)c1ccccc1)C2. The highest BCUT2D eigenvalue weighted by Crippen LogP contribution is 2.40. The molecule has 2 aliphatic rings. The predicted octanol–water partition coefficient (Wildman–Crippen LogP) is 4.41. The number of rotatable bonds is 5. The topological polar surface area (TPSA) is 54.5 Å². The second-order valence-corrected chi connectivity index (χ2v) is 10.5. The van der Waals surface area contributed by atoms with Gasteiger partial charge < -0.3 is 4.90 Å². The van der Waals surface area contributed by atoms with Gasteiger partial charge in [0, 0.05) is 18.5 Å². The highest BCUT2D eigenvalue weighted by molar-refractivity contribution is 7.92. The van der Waals surface area contributed by atoms with Crippen molar-refractivity contribution in [3.63, 3.8) is 0 Å². The van der Waals surface area contributed by atoms with E-state index in [-0.39, 0.29) is 29.4 Å². The fraction of sp³-hybridized carbons (Fsp3) is 0.409. The lowest BCUT2D eigenvalue weighted by atomic mass is 10.0. The Kier molecular flexibility index (Phi) is 5.67. The monoisotopic (exact) mass is 435 g/mol. The third-order valence-electron chi connectivity index (χ3n) is 6.10. The fourth-order valence-corrected chi connectivity index (χ4v) is 6.66. The quantitative estimate of drug-likeness (QED) is 0.699. The molecule has 1 amide bonds. The zero-order valence-electron chi connectivity index (χ0n) is 15.9. The number of amides is 1. The molecule has 0 N–H and O–H groups in total. The normalized spacial score (nSPS) is 23.9. The molecule has 2 aromatic carbocycles. The van der Waals surface area contributed by atoms with Crippen LogP contribution in [0.25, 0.3) is 0 Å². The minimum atomic E-state index is -3.39. The molecule has 2 atom stereocenters. The molecule has 0 radical (unpaired) electrons. The van der Waals surface area contributed by atoms with Gasteiger partial charge in [0.25, 0.3) is 0 Å². The van der Waals surface area contributed by atoms with Crippen molar-refractivity contribution in [2.24, 2.45) is 0 Å². The maximum atomic E-state index is 13.6. The summed E-state index contributed by atoms with van der Waals surface area (Å²) in [6.45, 7) is 0. The van der Waals surface area contributed by atoms with Gasteiger partial charge in [0.05, 0.1) is 15.2 Å². The van der Waals surface area contributed by atoms with E-state index in [1.165, 1.54) is 12.1 Å². The average Bonchev–Trinajstić information content (AvgIpc) is 2.98. The summed E-state index contributed by atoms with van der Waals surface area (Å²) >= 11 is 5.71. The van der Waals surface area contributed by atoms with Gasteiger partial charge in [0.15, 0.2) is 9.84 Å². The lowest BCUT2D eigenvalue weighted by molar-refractivity contribution is -0.135. The Bertz CT molecular complexity index is 998. The number of aryl methyl sites for hydroxylation is 1. The molecule has 2 aliphatic heterocycles. The van der Waals surface area contributed by atoms with Gasteiger partial charge in [-0.15, -0.1) is 0 Å². The van der Waals surface area contributed by atoms with E-state index in [0.717, 1.165) is 18.4 Å². The molecule has 7 heteroatoms. The van der Waals surface area contributed by atoms with Gasteiger partial charge in [0.1, 0.15) is 5.82 Å². The summed E-state index contributed by atoms with van der Waals surface area (Å²) in [6.07, 6.45) is 3.36. The summed E-state index contributed by atoms with van der Waals surface area (Å²) in [4.78, 5) is 15.1. The number of fused-ring (bicyclic) bond motifs is 2. The second kappa shape index (κ2) is 8.07. The third kappa shape index (κ3) is 4.05. The molecule has 4 nitrogen and oxygen atoms in total. The van der Waals surface area contributed by atoms with Crippen LogP contribution in [0.1, 0.15) is 37.7 Å². The number of hydrogen-bond acceptors (Lipinski definition) is 3. The molecule has 0 aliphatic carbocycles. The molecular formula is C22H23ClFNO3S. The second-order valence-electron chi connectivity index (χ2n) is 7.89. The minimum Gasteiger partial charge on any atom is -0.337 e. The molecule has 0 saturated carbocycles. The average molecular weight is 436 g/mol. The van der Waals surface area contributed by atoms with Crippen molar-refractivity contribution in [1.82, 2.24) is 4.90 Å². The standard InChI is InChI=1S/C22H23ClFNO3S/c23-20-10-6-15(12-21(20)24)7-11-22(26)25-16-8-9-17(25)14-19(13-16)29(27,28)18-4-2-1-3-5-18/h1-6,10,12,16-17,19H,7-9,11,13-14H2/t16-,17-/m1/s1. The summed E-state index contributed by atoms with van der Waals surface area (Å²) in [7, 11) is -3.39. The Hall–Kier alpha value is -1.92. The lowest BCUT2D eigenvalue weighted by Crippen LogP contribution is -2.49. The molecular weight excluding hydrogens is 413 g/mol. The molecule has 4 rings (SSSR count). The van der Waals surface area contributed by atoms with E-state index in [2.05, 4.69) is 0 Å². The number of hydrogen-bond donors (Lipinski definition) is 0. The molecule has 2 aromatic rings. The van der Waals surface area contributed by atoms with Crippen LogP contribution in [0.5, 0.6) is 0 Å². The van der Waals surface area contributed by atoms with E-state index in [0.29, 0.717) is 24.2 Å². The molecule has 2 fully saturated rings. The number of carbonyl (C=O) groups is 1. The lowest BCUT2D eigenvalue weighted by Gasteiger charge is -2.38. The van der Waals surface area contributed by atoms with E-state index in [1.54, 1.807) is 36.4 Å². The highest BCUT2D eigenvalue weighted by Gasteiger charge is 2.46. The number of sulfone groups is 1. The molecule has 154 valence electrons. The van der Waals surface area contributed by atoms with Crippen LogP contribution < -0.4 is 0 Å². The zero-order chi connectivity index (χ0) is 20.6. The summed E-state index contributed by atoms with van der Waals surface area (Å²) in [5, 5.41) is -0.378. The molecule has 2 saturated heterocycles. The predicted molar refractivity (Wildman–Crippen MR) is 110 cm³/mol. The zero-order valence-corrected chi connectivity index (χ0v) is 17.5. The van der Waals surface area contributed by atoms with Gasteiger partial charge in [-0.05, 0) is 61.9 Å². The van der Waals surface area contributed by atoms with Gasteiger partial charge in [-0.2, -0.15) is 0 Å². The van der Waals surface area contributed by atoms with E-state index >= 15 is 0 Å². The molecule has 29 heavy (non-hydrogen) atoms. The van der Waals surface area contributed by atoms with Crippen molar-refractivity contribution in [3.8, 4) is 0 Å². The summed E-state index contributed by atoms with van der Waals surface area (Å²) in [5.41, 5.74) is 0.731. The van der Waals surface area contributed by atoms with Crippen LogP contribution in [0.4, 0.5) is 4.39 Å².